The number of ether oxygens (including phenoxy) is 1. The van der Waals surface area contributed by atoms with E-state index >= 15 is 0 Å². The van der Waals surface area contributed by atoms with E-state index in [4.69, 9.17) is 10.5 Å². The lowest BCUT2D eigenvalue weighted by Crippen LogP contribution is -2.34. The van der Waals surface area contributed by atoms with Crippen LogP contribution in [0.5, 0.6) is 5.75 Å². The van der Waals surface area contributed by atoms with Gasteiger partial charge in [-0.15, -0.1) is 0 Å². The Bertz CT molecular complexity index is 384. The Kier molecular flexibility index (Phi) is 3.84. The molecular formula is C13H19FN2O. The summed E-state index contributed by atoms with van der Waals surface area (Å²) in [5.74, 6) is 0.261. The fourth-order valence-corrected chi connectivity index (χ4v) is 2.36. The molecule has 0 aliphatic heterocycles. The van der Waals surface area contributed by atoms with E-state index in [1.54, 1.807) is 13.2 Å². The molecule has 1 fully saturated rings. The zero-order valence-corrected chi connectivity index (χ0v) is 10.1. The first-order valence-corrected chi connectivity index (χ1v) is 6.04. The van der Waals surface area contributed by atoms with E-state index in [0.29, 0.717) is 11.8 Å². The van der Waals surface area contributed by atoms with Gasteiger partial charge in [-0.2, -0.15) is 0 Å². The summed E-state index contributed by atoms with van der Waals surface area (Å²) in [4.78, 5) is 0. The number of benzene rings is 1. The zero-order valence-electron chi connectivity index (χ0n) is 10.1. The molecule has 4 heteroatoms. The first-order valence-electron chi connectivity index (χ1n) is 6.04. The largest absolute Gasteiger partial charge is 0.494 e. The molecule has 0 spiro atoms. The third-order valence-corrected chi connectivity index (χ3v) is 3.24. The van der Waals surface area contributed by atoms with E-state index < -0.39 is 0 Å². The summed E-state index contributed by atoms with van der Waals surface area (Å²) in [6.07, 6.45) is 4.30. The van der Waals surface area contributed by atoms with Crippen LogP contribution in [0.2, 0.25) is 0 Å². The van der Waals surface area contributed by atoms with Gasteiger partial charge in [0.15, 0.2) is 0 Å². The fraction of sp³-hybridized carbons (Fsp3) is 0.538. The maximum Gasteiger partial charge on any atom is 0.144 e. The van der Waals surface area contributed by atoms with Crippen LogP contribution in [0.4, 0.5) is 10.1 Å². The minimum atomic E-state index is -0.284. The van der Waals surface area contributed by atoms with Crippen molar-refractivity contribution in [3.05, 3.63) is 24.0 Å². The van der Waals surface area contributed by atoms with E-state index in [-0.39, 0.29) is 11.9 Å². The summed E-state index contributed by atoms with van der Waals surface area (Å²) in [7, 11) is 1.55. The Morgan fingerprint density at radius 3 is 2.94 bits per heavy atom. The summed E-state index contributed by atoms with van der Waals surface area (Å²) in [6.45, 7) is 0. The molecule has 0 bridgehead atoms. The second-order valence-electron chi connectivity index (χ2n) is 4.61. The van der Waals surface area contributed by atoms with Crippen molar-refractivity contribution in [2.24, 2.45) is 5.73 Å². The Labute approximate surface area is 101 Å². The second-order valence-corrected chi connectivity index (χ2v) is 4.61. The van der Waals surface area contributed by atoms with Gasteiger partial charge in [-0.3, -0.25) is 0 Å². The van der Waals surface area contributed by atoms with Crippen LogP contribution in [-0.4, -0.2) is 19.2 Å². The quantitative estimate of drug-likeness (QED) is 0.850. The van der Waals surface area contributed by atoms with Gasteiger partial charge in [0, 0.05) is 18.2 Å². The maximum atomic E-state index is 13.0. The highest BCUT2D eigenvalue weighted by molar-refractivity contribution is 5.57. The molecule has 0 heterocycles. The van der Waals surface area contributed by atoms with Crippen LogP contribution in [0.1, 0.15) is 25.7 Å². The highest BCUT2D eigenvalue weighted by Gasteiger charge is 2.19. The molecule has 0 saturated heterocycles. The normalized spacial score (nSPS) is 24.4. The molecule has 17 heavy (non-hydrogen) atoms. The topological polar surface area (TPSA) is 47.3 Å². The molecule has 1 aliphatic rings. The lowest BCUT2D eigenvalue weighted by Gasteiger charge is -2.28. The van der Waals surface area contributed by atoms with Gasteiger partial charge in [-0.25, -0.2) is 4.39 Å². The van der Waals surface area contributed by atoms with Crippen molar-refractivity contribution in [1.29, 1.82) is 0 Å². The van der Waals surface area contributed by atoms with E-state index in [1.165, 1.54) is 12.1 Å². The number of anilines is 1. The van der Waals surface area contributed by atoms with Crippen LogP contribution in [0, 0.1) is 5.82 Å². The summed E-state index contributed by atoms with van der Waals surface area (Å²) < 4.78 is 18.2. The second kappa shape index (κ2) is 5.36. The van der Waals surface area contributed by atoms with Crippen LogP contribution < -0.4 is 15.8 Å². The van der Waals surface area contributed by atoms with Crippen molar-refractivity contribution in [3.63, 3.8) is 0 Å². The first kappa shape index (κ1) is 12.2. The average molecular weight is 238 g/mol. The van der Waals surface area contributed by atoms with E-state index in [2.05, 4.69) is 5.32 Å². The SMILES string of the molecule is COc1cc(F)ccc1NC1CCCC(N)C1. The monoisotopic (exact) mass is 238 g/mol. The lowest BCUT2D eigenvalue weighted by molar-refractivity contribution is 0.399. The van der Waals surface area contributed by atoms with Crippen LogP contribution in [0.15, 0.2) is 18.2 Å². The summed E-state index contributed by atoms with van der Waals surface area (Å²) in [5, 5.41) is 3.39. The third kappa shape index (κ3) is 3.09. The highest BCUT2D eigenvalue weighted by atomic mass is 19.1. The molecule has 3 nitrogen and oxygen atoms in total. The van der Waals surface area contributed by atoms with Crippen LogP contribution in [0.25, 0.3) is 0 Å². The zero-order chi connectivity index (χ0) is 12.3. The predicted molar refractivity (Wildman–Crippen MR) is 66.8 cm³/mol. The van der Waals surface area contributed by atoms with E-state index in [1.807, 2.05) is 0 Å². The first-order chi connectivity index (χ1) is 8.19. The summed E-state index contributed by atoms with van der Waals surface area (Å²) in [5.41, 5.74) is 6.78. The molecule has 3 N–H and O–H groups in total. The molecular weight excluding hydrogens is 219 g/mol. The van der Waals surface area contributed by atoms with Crippen molar-refractivity contribution in [3.8, 4) is 5.75 Å². The molecule has 2 rings (SSSR count). The fourth-order valence-electron chi connectivity index (χ4n) is 2.36. The number of methoxy groups -OCH3 is 1. The number of hydrogen-bond donors (Lipinski definition) is 2. The van der Waals surface area contributed by atoms with Crippen LogP contribution in [0.3, 0.4) is 0 Å². The van der Waals surface area contributed by atoms with Crippen molar-refractivity contribution >= 4 is 5.69 Å². The van der Waals surface area contributed by atoms with Gasteiger partial charge in [0.1, 0.15) is 11.6 Å². The number of nitrogens with one attached hydrogen (secondary N) is 1. The Morgan fingerprint density at radius 2 is 2.24 bits per heavy atom. The molecule has 0 aromatic heterocycles. The molecule has 0 radical (unpaired) electrons. The maximum absolute atomic E-state index is 13.0. The third-order valence-electron chi connectivity index (χ3n) is 3.24. The Hall–Kier alpha value is -1.29. The minimum Gasteiger partial charge on any atom is -0.494 e. The van der Waals surface area contributed by atoms with Crippen molar-refractivity contribution in [2.75, 3.05) is 12.4 Å². The molecule has 2 atom stereocenters. The standard InChI is InChI=1S/C13H19FN2O/c1-17-13-7-9(14)5-6-12(13)16-11-4-2-3-10(15)8-11/h5-7,10-11,16H,2-4,8,15H2,1H3. The van der Waals surface area contributed by atoms with Crippen LogP contribution in [-0.2, 0) is 0 Å². The summed E-state index contributed by atoms with van der Waals surface area (Å²) in [6, 6.07) is 5.18. The van der Waals surface area contributed by atoms with Gasteiger partial charge in [-0.1, -0.05) is 0 Å². The Balaban J connectivity index is 2.07. The average Bonchev–Trinajstić information content (AvgIpc) is 2.31. The van der Waals surface area contributed by atoms with Crippen molar-refractivity contribution in [1.82, 2.24) is 0 Å². The molecule has 1 aromatic rings. The number of hydrogen-bond acceptors (Lipinski definition) is 3. The Morgan fingerprint density at radius 1 is 1.41 bits per heavy atom. The van der Waals surface area contributed by atoms with Gasteiger partial charge in [0.05, 0.1) is 12.8 Å². The molecule has 0 amide bonds. The molecule has 2 unspecified atom stereocenters. The van der Waals surface area contributed by atoms with Gasteiger partial charge < -0.3 is 15.8 Å². The number of nitrogens with two attached hydrogens (primary N) is 1. The molecule has 1 aromatic carbocycles. The minimum absolute atomic E-state index is 0.271. The van der Waals surface area contributed by atoms with E-state index in [9.17, 15) is 4.39 Å². The predicted octanol–water partition coefficient (Wildman–Crippen LogP) is 2.52. The number of halogens is 1. The van der Waals surface area contributed by atoms with Gasteiger partial charge >= 0.3 is 0 Å². The van der Waals surface area contributed by atoms with Gasteiger partial charge in [0.25, 0.3) is 0 Å². The van der Waals surface area contributed by atoms with Crippen molar-refractivity contribution in [2.45, 2.75) is 37.8 Å². The van der Waals surface area contributed by atoms with Crippen molar-refractivity contribution < 1.29 is 9.13 Å². The molecule has 1 aliphatic carbocycles. The molecule has 1 saturated carbocycles. The smallest absolute Gasteiger partial charge is 0.144 e. The highest BCUT2D eigenvalue weighted by Crippen LogP contribution is 2.28. The molecule has 94 valence electrons. The van der Waals surface area contributed by atoms with Gasteiger partial charge in [0.2, 0.25) is 0 Å². The summed E-state index contributed by atoms with van der Waals surface area (Å²) >= 11 is 0. The van der Waals surface area contributed by atoms with E-state index in [0.717, 1.165) is 31.4 Å². The lowest BCUT2D eigenvalue weighted by atomic mass is 9.91. The number of rotatable bonds is 3. The van der Waals surface area contributed by atoms with Crippen LogP contribution >= 0.6 is 0 Å². The van der Waals surface area contributed by atoms with Gasteiger partial charge in [-0.05, 0) is 37.8 Å².